The van der Waals surface area contributed by atoms with Gasteiger partial charge in [0.2, 0.25) is 5.82 Å². The average Bonchev–Trinajstić information content (AvgIpc) is 3.74. The molecule has 56 heavy (non-hydrogen) atoms. The quantitative estimate of drug-likeness (QED) is 0.139. The Bertz CT molecular complexity index is 2310. The van der Waals surface area contributed by atoms with Crippen LogP contribution in [-0.2, 0) is 40.1 Å². The van der Waals surface area contributed by atoms with Gasteiger partial charge in [-0.15, -0.1) is 0 Å². The Hall–Kier alpha value is -5.45. The maximum absolute atomic E-state index is 14.9. The number of nitrogens with zero attached hydrogens (tertiary/aromatic N) is 3. The molecule has 10 nitrogen and oxygen atoms in total. The van der Waals surface area contributed by atoms with E-state index in [0.717, 1.165) is 40.9 Å². The summed E-state index contributed by atoms with van der Waals surface area (Å²) < 4.78 is 26.2. The molecule has 0 unspecified atom stereocenters. The summed E-state index contributed by atoms with van der Waals surface area (Å²) in [5.74, 6) is 2.66. The van der Waals surface area contributed by atoms with Crippen LogP contribution in [0.5, 0.6) is 11.5 Å². The number of hydrogen-bond donors (Lipinski definition) is 2. The van der Waals surface area contributed by atoms with E-state index >= 15 is 0 Å². The average molecular weight is 751 g/mol. The molecule has 4 atom stereocenters. The topological polar surface area (TPSA) is 119 Å². The Kier molecular flexibility index (Phi) is 8.34. The lowest BCUT2D eigenvalue weighted by Gasteiger charge is -2.63. The highest BCUT2D eigenvalue weighted by Gasteiger charge is 2.74. The van der Waals surface area contributed by atoms with Crippen molar-refractivity contribution in [3.63, 3.8) is 0 Å². The van der Waals surface area contributed by atoms with Crippen molar-refractivity contribution < 1.29 is 28.6 Å². The summed E-state index contributed by atoms with van der Waals surface area (Å²) in [6, 6.07) is 33.5. The van der Waals surface area contributed by atoms with Crippen LogP contribution in [0.3, 0.4) is 0 Å². The number of nitrogens with one attached hydrogen (secondary N) is 1. The fourth-order valence-corrected chi connectivity index (χ4v) is 9.68. The maximum Gasteiger partial charge on any atom is 0.252 e. The fourth-order valence-electron chi connectivity index (χ4n) is 9.68. The van der Waals surface area contributed by atoms with E-state index in [0.29, 0.717) is 54.0 Å². The maximum atomic E-state index is 14.9. The molecule has 3 heterocycles. The lowest BCUT2D eigenvalue weighted by Crippen LogP contribution is -2.76. The third kappa shape index (κ3) is 5.72. The van der Waals surface area contributed by atoms with Crippen LogP contribution in [0.1, 0.15) is 67.7 Å². The molecule has 1 amide bonds. The van der Waals surface area contributed by atoms with E-state index in [1.807, 2.05) is 111 Å². The molecule has 1 spiro atoms. The summed E-state index contributed by atoms with van der Waals surface area (Å²) in [5.41, 5.74) is 2.09. The zero-order valence-corrected chi connectivity index (χ0v) is 31.7. The largest absolute Gasteiger partial charge is 0.489 e. The highest BCUT2D eigenvalue weighted by atomic mass is 16.6. The van der Waals surface area contributed by atoms with E-state index in [4.69, 9.17) is 18.7 Å². The molecule has 2 bridgehead atoms. The second kappa shape index (κ2) is 13.3. The number of amides is 1. The number of hydrogen-bond acceptors (Lipinski definition) is 9. The van der Waals surface area contributed by atoms with Gasteiger partial charge in [0.15, 0.2) is 17.6 Å². The number of aromatic nitrogens is 2. The summed E-state index contributed by atoms with van der Waals surface area (Å²) in [6.07, 6.45) is 3.06. The molecule has 2 aliphatic heterocycles. The van der Waals surface area contributed by atoms with Gasteiger partial charge < -0.3 is 29.2 Å². The second-order valence-electron chi connectivity index (χ2n) is 16.7. The molecule has 2 N–H and O–H groups in total. The van der Waals surface area contributed by atoms with Crippen LogP contribution >= 0.6 is 0 Å². The van der Waals surface area contributed by atoms with E-state index in [1.165, 1.54) is 12.8 Å². The minimum absolute atomic E-state index is 0.0950. The molecule has 0 radical (unpaired) electrons. The molecule has 2 fully saturated rings. The van der Waals surface area contributed by atoms with E-state index < -0.39 is 22.7 Å². The number of carbonyl (C=O) groups is 1. The number of ether oxygens (including phenoxy) is 3. The van der Waals surface area contributed by atoms with Crippen molar-refractivity contribution in [3.8, 4) is 22.9 Å². The monoisotopic (exact) mass is 750 g/mol. The molecule has 1 saturated carbocycles. The van der Waals surface area contributed by atoms with Crippen LogP contribution in [-0.4, -0.2) is 56.9 Å². The van der Waals surface area contributed by atoms with Crippen LogP contribution in [0.2, 0.25) is 0 Å². The van der Waals surface area contributed by atoms with Crippen molar-refractivity contribution in [2.75, 3.05) is 13.1 Å². The van der Waals surface area contributed by atoms with Gasteiger partial charge in [0.1, 0.15) is 24.5 Å². The van der Waals surface area contributed by atoms with Gasteiger partial charge in [0.05, 0.1) is 16.6 Å². The third-order valence-electron chi connectivity index (χ3n) is 12.6. The Balaban J connectivity index is 1.07. The van der Waals surface area contributed by atoms with E-state index in [2.05, 4.69) is 26.4 Å². The third-order valence-corrected chi connectivity index (χ3v) is 12.6. The van der Waals surface area contributed by atoms with Gasteiger partial charge in [-0.05, 0) is 74.8 Å². The number of carbonyl (C=O) groups excluding carboxylic acids is 1. The Labute approximate surface area is 326 Å². The van der Waals surface area contributed by atoms with Gasteiger partial charge in [-0.3, -0.25) is 9.69 Å². The predicted octanol–water partition coefficient (Wildman–Crippen LogP) is 7.01. The molecule has 10 heteroatoms. The highest BCUT2D eigenvalue weighted by molar-refractivity contribution is 5.95. The molecule has 5 aromatic rings. The van der Waals surface area contributed by atoms with Crippen LogP contribution in [0.4, 0.5) is 0 Å². The van der Waals surface area contributed by atoms with Crippen LogP contribution in [0.15, 0.2) is 119 Å². The van der Waals surface area contributed by atoms with Crippen LogP contribution < -0.4 is 14.8 Å². The standard InChI is InChI=1S/C46H46N4O6/c1-44(2,43-47-41(49-56-43)32-16-10-5-11-17-32)48-42(51)34-25-46(52)36-24-33-20-21-35(53-27-30-12-6-3-7-13-30)39-37(33)45(46,22-23-50(36)26-29-18-19-29)40(55-39)38(34)54-28-31-14-8-4-9-15-31/h3-17,20-21,29,36,40,52H,18-19,22-28H2,1-2H3,(H,48,51)/t36-,40+,45+,46-/m1/s1. The molecular weight excluding hydrogens is 705 g/mol. The molecule has 4 aromatic carbocycles. The number of rotatable bonds is 12. The van der Waals surface area contributed by atoms with Gasteiger partial charge >= 0.3 is 0 Å². The first-order chi connectivity index (χ1) is 27.2. The van der Waals surface area contributed by atoms with Crippen molar-refractivity contribution in [1.29, 1.82) is 0 Å². The lowest BCUT2D eigenvalue weighted by molar-refractivity contribution is -0.175. The molecular formula is C46H46N4O6. The first-order valence-electron chi connectivity index (χ1n) is 19.8. The summed E-state index contributed by atoms with van der Waals surface area (Å²) >= 11 is 0. The summed E-state index contributed by atoms with van der Waals surface area (Å²) in [6.45, 7) is 6.04. The van der Waals surface area contributed by atoms with E-state index in [-0.39, 0.29) is 30.9 Å². The lowest BCUT2D eigenvalue weighted by atomic mass is 9.49. The highest BCUT2D eigenvalue weighted by Crippen LogP contribution is 2.67. The first-order valence-corrected chi connectivity index (χ1v) is 19.8. The zero-order valence-electron chi connectivity index (χ0n) is 31.7. The first kappa shape index (κ1) is 35.0. The van der Waals surface area contributed by atoms with Crippen LogP contribution in [0, 0.1) is 5.92 Å². The Morgan fingerprint density at radius 3 is 2.30 bits per heavy atom. The van der Waals surface area contributed by atoms with Gasteiger partial charge in [0.25, 0.3) is 11.8 Å². The minimum Gasteiger partial charge on any atom is -0.489 e. The van der Waals surface area contributed by atoms with Gasteiger partial charge in [-0.1, -0.05) is 102 Å². The molecule has 1 saturated heterocycles. The minimum atomic E-state index is -1.33. The van der Waals surface area contributed by atoms with Crippen molar-refractivity contribution in [3.05, 3.63) is 143 Å². The molecule has 10 rings (SSSR count). The summed E-state index contributed by atoms with van der Waals surface area (Å²) in [5, 5.41) is 21.0. The normalized spacial score (nSPS) is 25.0. The zero-order chi connectivity index (χ0) is 38.1. The number of piperidine rings is 1. The van der Waals surface area contributed by atoms with Crippen molar-refractivity contribution in [2.24, 2.45) is 5.92 Å². The van der Waals surface area contributed by atoms with Gasteiger partial charge in [0, 0.05) is 30.1 Å². The number of likely N-dealkylation sites (tertiary alicyclic amines) is 1. The smallest absolute Gasteiger partial charge is 0.252 e. The number of benzene rings is 4. The molecule has 286 valence electrons. The van der Waals surface area contributed by atoms with Crippen molar-refractivity contribution in [2.45, 2.75) is 87.9 Å². The SMILES string of the molecule is CC(C)(NC(=O)C1=C(OCc2ccccc2)[C@@H]2Oc3c(OCc4ccccc4)ccc4c3[C@@]23CCN(CC2CC2)[C@H](C4)[C@]3(O)C1)c1nc(-c2ccccc2)no1. The van der Waals surface area contributed by atoms with Crippen LogP contribution in [0.25, 0.3) is 11.4 Å². The Morgan fingerprint density at radius 2 is 1.61 bits per heavy atom. The van der Waals surface area contributed by atoms with E-state index in [1.54, 1.807) is 0 Å². The second-order valence-corrected chi connectivity index (χ2v) is 16.7. The molecule has 1 aromatic heterocycles. The van der Waals surface area contributed by atoms with E-state index in [9.17, 15) is 9.90 Å². The summed E-state index contributed by atoms with van der Waals surface area (Å²) in [7, 11) is 0. The summed E-state index contributed by atoms with van der Waals surface area (Å²) in [4.78, 5) is 22.1. The van der Waals surface area contributed by atoms with Crippen molar-refractivity contribution in [1.82, 2.24) is 20.4 Å². The molecule has 3 aliphatic carbocycles. The fraction of sp³-hybridized carbons (Fsp3) is 0.370. The Morgan fingerprint density at radius 1 is 0.929 bits per heavy atom. The predicted molar refractivity (Wildman–Crippen MR) is 208 cm³/mol. The van der Waals surface area contributed by atoms with Gasteiger partial charge in [-0.25, -0.2) is 0 Å². The molecule has 5 aliphatic rings. The van der Waals surface area contributed by atoms with Gasteiger partial charge in [-0.2, -0.15) is 4.98 Å². The number of aliphatic hydroxyl groups is 1. The van der Waals surface area contributed by atoms with Crippen molar-refractivity contribution >= 4 is 5.91 Å².